The van der Waals surface area contributed by atoms with Crippen LogP contribution in [0.3, 0.4) is 0 Å². The third kappa shape index (κ3) is 5.23. The average molecular weight is 311 g/mol. The largest absolute Gasteiger partial charge is 0.488 e. The SMILES string of the molecule is CCCCNCC(C)Oc1cc(Cl)c(Cl)cc1Cl. The number of hydrogen-bond donors (Lipinski definition) is 1. The molecule has 1 atom stereocenters. The Hall–Kier alpha value is -0.150. The molecular weight excluding hydrogens is 293 g/mol. The second-order valence-corrected chi connectivity index (χ2v) is 5.40. The minimum absolute atomic E-state index is 0.0246. The third-order valence-corrected chi connectivity index (χ3v) is 3.46. The van der Waals surface area contributed by atoms with E-state index in [0.29, 0.717) is 20.8 Å². The molecule has 0 aliphatic heterocycles. The van der Waals surface area contributed by atoms with Gasteiger partial charge in [-0.15, -0.1) is 0 Å². The number of halogens is 3. The number of benzene rings is 1. The standard InChI is InChI=1S/C13H18Cl3NO/c1-3-4-5-17-8-9(2)18-13-7-11(15)10(14)6-12(13)16/h6-7,9,17H,3-5,8H2,1-2H3. The molecule has 0 saturated carbocycles. The molecule has 0 saturated heterocycles. The van der Waals surface area contributed by atoms with Crippen LogP contribution in [0.1, 0.15) is 26.7 Å². The zero-order valence-electron chi connectivity index (χ0n) is 10.6. The summed E-state index contributed by atoms with van der Waals surface area (Å²) < 4.78 is 5.72. The predicted octanol–water partition coefficient (Wildman–Crippen LogP) is 4.80. The van der Waals surface area contributed by atoms with Gasteiger partial charge in [0.15, 0.2) is 0 Å². The van der Waals surface area contributed by atoms with Gasteiger partial charge in [-0.1, -0.05) is 48.1 Å². The Morgan fingerprint density at radius 2 is 1.83 bits per heavy atom. The minimum Gasteiger partial charge on any atom is -0.488 e. The lowest BCUT2D eigenvalue weighted by Gasteiger charge is -2.17. The molecule has 0 heterocycles. The van der Waals surface area contributed by atoms with Gasteiger partial charge < -0.3 is 10.1 Å². The predicted molar refractivity (Wildman–Crippen MR) is 79.3 cm³/mol. The summed E-state index contributed by atoms with van der Waals surface area (Å²) in [6.07, 6.45) is 2.37. The smallest absolute Gasteiger partial charge is 0.139 e. The average Bonchev–Trinajstić information content (AvgIpc) is 2.32. The molecule has 1 unspecified atom stereocenters. The summed E-state index contributed by atoms with van der Waals surface area (Å²) in [4.78, 5) is 0. The highest BCUT2D eigenvalue weighted by Gasteiger charge is 2.10. The quantitative estimate of drug-likeness (QED) is 0.577. The maximum absolute atomic E-state index is 6.04. The van der Waals surface area contributed by atoms with Crippen molar-refractivity contribution < 1.29 is 4.74 Å². The van der Waals surface area contributed by atoms with Crippen molar-refractivity contribution in [3.05, 3.63) is 27.2 Å². The van der Waals surface area contributed by atoms with Gasteiger partial charge in [-0.2, -0.15) is 0 Å². The Morgan fingerprint density at radius 3 is 2.50 bits per heavy atom. The first kappa shape index (κ1) is 15.9. The van der Waals surface area contributed by atoms with Crippen molar-refractivity contribution in [2.75, 3.05) is 13.1 Å². The summed E-state index contributed by atoms with van der Waals surface area (Å²) in [6, 6.07) is 3.24. The van der Waals surface area contributed by atoms with Gasteiger partial charge in [0.05, 0.1) is 15.1 Å². The van der Waals surface area contributed by atoms with Crippen LogP contribution in [0, 0.1) is 0 Å². The molecule has 0 aromatic heterocycles. The van der Waals surface area contributed by atoms with Crippen LogP contribution in [0.5, 0.6) is 5.75 Å². The zero-order chi connectivity index (χ0) is 13.5. The van der Waals surface area contributed by atoms with Crippen LogP contribution in [0.25, 0.3) is 0 Å². The first-order chi connectivity index (χ1) is 8.54. The van der Waals surface area contributed by atoms with E-state index in [1.54, 1.807) is 12.1 Å². The topological polar surface area (TPSA) is 21.3 Å². The van der Waals surface area contributed by atoms with Crippen molar-refractivity contribution in [2.45, 2.75) is 32.8 Å². The van der Waals surface area contributed by atoms with E-state index in [2.05, 4.69) is 12.2 Å². The molecule has 0 bridgehead atoms. The molecule has 0 spiro atoms. The maximum Gasteiger partial charge on any atom is 0.139 e. The van der Waals surface area contributed by atoms with Crippen molar-refractivity contribution in [1.82, 2.24) is 5.32 Å². The van der Waals surface area contributed by atoms with Gasteiger partial charge in [-0.3, -0.25) is 0 Å². The third-order valence-electron chi connectivity index (χ3n) is 2.44. The van der Waals surface area contributed by atoms with E-state index in [0.717, 1.165) is 13.1 Å². The number of hydrogen-bond acceptors (Lipinski definition) is 2. The highest BCUT2D eigenvalue weighted by atomic mass is 35.5. The lowest BCUT2D eigenvalue weighted by atomic mass is 10.3. The summed E-state index contributed by atoms with van der Waals surface area (Å²) in [5, 5.41) is 4.68. The molecule has 2 nitrogen and oxygen atoms in total. The molecule has 1 N–H and O–H groups in total. The lowest BCUT2D eigenvalue weighted by Crippen LogP contribution is -2.29. The van der Waals surface area contributed by atoms with Crippen LogP contribution >= 0.6 is 34.8 Å². The van der Waals surface area contributed by atoms with Crippen molar-refractivity contribution in [3.63, 3.8) is 0 Å². The summed E-state index contributed by atoms with van der Waals surface area (Å²) in [6.45, 7) is 5.92. The van der Waals surface area contributed by atoms with E-state index >= 15 is 0 Å². The van der Waals surface area contributed by atoms with Gasteiger partial charge in [-0.05, 0) is 26.0 Å². The van der Waals surface area contributed by atoms with E-state index < -0.39 is 0 Å². The number of ether oxygens (including phenoxy) is 1. The van der Waals surface area contributed by atoms with Gasteiger partial charge in [-0.25, -0.2) is 0 Å². The second-order valence-electron chi connectivity index (χ2n) is 4.18. The van der Waals surface area contributed by atoms with E-state index in [1.807, 2.05) is 6.92 Å². The molecule has 0 radical (unpaired) electrons. The Morgan fingerprint density at radius 1 is 1.17 bits per heavy atom. The summed E-state index contributed by atoms with van der Waals surface area (Å²) in [5.41, 5.74) is 0. The molecule has 18 heavy (non-hydrogen) atoms. The van der Waals surface area contributed by atoms with Crippen LogP contribution < -0.4 is 10.1 Å². The maximum atomic E-state index is 6.04. The van der Waals surface area contributed by atoms with E-state index in [4.69, 9.17) is 39.5 Å². The van der Waals surface area contributed by atoms with Gasteiger partial charge in [0.2, 0.25) is 0 Å². The fourth-order valence-electron chi connectivity index (χ4n) is 1.46. The Bertz CT molecular complexity index is 385. The van der Waals surface area contributed by atoms with Crippen LogP contribution in [0.15, 0.2) is 12.1 Å². The highest BCUT2D eigenvalue weighted by Crippen LogP contribution is 2.34. The molecule has 0 amide bonds. The van der Waals surface area contributed by atoms with E-state index in [-0.39, 0.29) is 6.10 Å². The monoisotopic (exact) mass is 309 g/mol. The van der Waals surface area contributed by atoms with Crippen LogP contribution in [0.4, 0.5) is 0 Å². The fraction of sp³-hybridized carbons (Fsp3) is 0.538. The van der Waals surface area contributed by atoms with Crippen LogP contribution in [-0.2, 0) is 0 Å². The lowest BCUT2D eigenvalue weighted by molar-refractivity contribution is 0.217. The van der Waals surface area contributed by atoms with Crippen molar-refractivity contribution in [2.24, 2.45) is 0 Å². The molecule has 102 valence electrons. The van der Waals surface area contributed by atoms with Gasteiger partial charge in [0.1, 0.15) is 11.9 Å². The fourth-order valence-corrected chi connectivity index (χ4v) is 2.04. The molecule has 1 aromatic rings. The summed E-state index contributed by atoms with van der Waals surface area (Å²) >= 11 is 17.8. The Kier molecular flexibility index (Phi) is 7.16. The number of nitrogens with one attached hydrogen (secondary N) is 1. The molecule has 0 fully saturated rings. The van der Waals surface area contributed by atoms with Crippen LogP contribution in [0.2, 0.25) is 15.1 Å². The Labute approximate surface area is 124 Å². The zero-order valence-corrected chi connectivity index (χ0v) is 12.9. The van der Waals surface area contributed by atoms with Crippen molar-refractivity contribution in [1.29, 1.82) is 0 Å². The normalized spacial score (nSPS) is 12.5. The first-order valence-corrected chi connectivity index (χ1v) is 7.20. The second kappa shape index (κ2) is 8.11. The van der Waals surface area contributed by atoms with Gasteiger partial charge in [0, 0.05) is 12.6 Å². The number of rotatable bonds is 7. The Balaban J connectivity index is 2.48. The molecular formula is C13H18Cl3NO. The minimum atomic E-state index is 0.0246. The van der Waals surface area contributed by atoms with Crippen molar-refractivity contribution >= 4 is 34.8 Å². The van der Waals surface area contributed by atoms with E-state index in [9.17, 15) is 0 Å². The molecule has 0 aliphatic carbocycles. The summed E-state index contributed by atoms with van der Waals surface area (Å²) in [7, 11) is 0. The molecule has 5 heteroatoms. The van der Waals surface area contributed by atoms with Crippen LogP contribution in [-0.4, -0.2) is 19.2 Å². The van der Waals surface area contributed by atoms with E-state index in [1.165, 1.54) is 12.8 Å². The number of unbranched alkanes of at least 4 members (excludes halogenated alkanes) is 1. The molecule has 0 aliphatic rings. The summed E-state index contributed by atoms with van der Waals surface area (Å²) in [5.74, 6) is 0.566. The molecule has 1 rings (SSSR count). The van der Waals surface area contributed by atoms with Gasteiger partial charge in [0.25, 0.3) is 0 Å². The van der Waals surface area contributed by atoms with Crippen molar-refractivity contribution in [3.8, 4) is 5.75 Å². The first-order valence-electron chi connectivity index (χ1n) is 6.06. The highest BCUT2D eigenvalue weighted by molar-refractivity contribution is 6.43. The molecule has 1 aromatic carbocycles. The van der Waals surface area contributed by atoms with Gasteiger partial charge >= 0.3 is 0 Å².